The molecule has 1 heterocycles. The molecule has 15 heavy (non-hydrogen) atoms. The fourth-order valence-electron chi connectivity index (χ4n) is 0.949. The van der Waals surface area contributed by atoms with Crippen molar-refractivity contribution in [2.45, 2.75) is 26.7 Å². The van der Waals surface area contributed by atoms with Gasteiger partial charge in [-0.05, 0) is 25.5 Å². The molecule has 0 spiro atoms. The first-order chi connectivity index (χ1) is 7.13. The fraction of sp³-hybridized carbons (Fsp3) is 0.600. The molecule has 0 saturated heterocycles. The van der Waals surface area contributed by atoms with Crippen LogP contribution in [0.5, 0.6) is 0 Å². The monoisotopic (exact) mass is 246 g/mol. The maximum atomic E-state index is 9.92. The Kier molecular flexibility index (Phi) is 8.22. The first kappa shape index (κ1) is 14.3. The number of aryl methyl sites for hydroxylation is 2. The van der Waals surface area contributed by atoms with Crippen molar-refractivity contribution in [2.75, 3.05) is 14.2 Å². The summed E-state index contributed by atoms with van der Waals surface area (Å²) >= 11 is 1.91. The highest BCUT2D eigenvalue weighted by Gasteiger charge is 2.00. The van der Waals surface area contributed by atoms with Crippen LogP contribution < -0.4 is 0 Å². The van der Waals surface area contributed by atoms with Crippen LogP contribution in [0.25, 0.3) is 0 Å². The van der Waals surface area contributed by atoms with Crippen molar-refractivity contribution in [3.63, 3.8) is 0 Å². The summed E-state index contributed by atoms with van der Waals surface area (Å²) in [6, 6.07) is 4.42. The summed E-state index contributed by atoms with van der Waals surface area (Å²) in [7, 11) is 0.558. The van der Waals surface area contributed by atoms with E-state index in [1.807, 2.05) is 11.3 Å². The smallest absolute Gasteiger partial charge is 0.499 e. The predicted molar refractivity (Wildman–Crippen MR) is 63.5 cm³/mol. The largest absolute Gasteiger partial charge is 0.766 e. The molecule has 1 aromatic heterocycles. The lowest BCUT2D eigenvalue weighted by Crippen LogP contribution is -2.04. The van der Waals surface area contributed by atoms with Gasteiger partial charge >= 0.3 is 9.17 Å². The Labute approximate surface area is 96.9 Å². The van der Waals surface area contributed by atoms with Crippen molar-refractivity contribution in [2.24, 2.45) is 0 Å². The minimum Gasteiger partial charge on any atom is -0.499 e. The quantitative estimate of drug-likeness (QED) is 0.766. The summed E-state index contributed by atoms with van der Waals surface area (Å²) < 4.78 is 18.4. The van der Waals surface area contributed by atoms with Gasteiger partial charge in [-0.25, -0.2) is 0 Å². The van der Waals surface area contributed by atoms with Crippen LogP contribution >= 0.6 is 11.3 Å². The Morgan fingerprint density at radius 2 is 1.93 bits per heavy atom. The zero-order valence-electron chi connectivity index (χ0n) is 9.70. The molecule has 0 aliphatic heterocycles. The van der Waals surface area contributed by atoms with E-state index < -0.39 is 9.17 Å². The Hall–Kier alpha value is -0.683. The van der Waals surface area contributed by atoms with Crippen molar-refractivity contribution in [1.29, 1.82) is 0 Å². The summed E-state index contributed by atoms with van der Waals surface area (Å²) in [4.78, 5) is 2.95. The SMILES string of the molecule is CCCc1ccc(C)s1.CO[Si](=O)OC. The highest BCUT2D eigenvalue weighted by molar-refractivity contribution is 7.11. The van der Waals surface area contributed by atoms with E-state index in [9.17, 15) is 4.46 Å². The van der Waals surface area contributed by atoms with Crippen LogP contribution in [0.1, 0.15) is 23.1 Å². The van der Waals surface area contributed by atoms with Crippen molar-refractivity contribution >= 4 is 20.5 Å². The summed E-state index contributed by atoms with van der Waals surface area (Å²) in [6.07, 6.45) is 2.51. The molecule has 0 atom stereocenters. The molecule has 3 nitrogen and oxygen atoms in total. The molecule has 0 bridgehead atoms. The van der Waals surface area contributed by atoms with Crippen LogP contribution in [-0.2, 0) is 19.7 Å². The van der Waals surface area contributed by atoms with Crippen LogP contribution in [0.2, 0.25) is 0 Å². The van der Waals surface area contributed by atoms with Gasteiger partial charge in [0.15, 0.2) is 0 Å². The van der Waals surface area contributed by atoms with E-state index in [1.165, 1.54) is 36.8 Å². The van der Waals surface area contributed by atoms with Crippen molar-refractivity contribution in [3.05, 3.63) is 21.9 Å². The fourth-order valence-corrected chi connectivity index (χ4v) is 2.11. The van der Waals surface area contributed by atoms with Gasteiger partial charge in [-0.2, -0.15) is 0 Å². The molecule has 86 valence electrons. The minimum absolute atomic E-state index is 1.25. The van der Waals surface area contributed by atoms with Gasteiger partial charge in [0.1, 0.15) is 0 Å². The second-order valence-electron chi connectivity index (χ2n) is 2.92. The Morgan fingerprint density at radius 3 is 2.20 bits per heavy atom. The van der Waals surface area contributed by atoms with Crippen LogP contribution in [0, 0.1) is 6.92 Å². The molecule has 0 aliphatic carbocycles. The molecule has 0 saturated carbocycles. The van der Waals surface area contributed by atoms with Crippen LogP contribution in [-0.4, -0.2) is 23.4 Å². The molecule has 0 fully saturated rings. The van der Waals surface area contributed by atoms with Crippen molar-refractivity contribution in [1.82, 2.24) is 0 Å². The molecular weight excluding hydrogens is 228 g/mol. The number of thiophene rings is 1. The standard InChI is InChI=1S/C8H12S.C2H6O3Si/c1-3-4-8-6-5-7(2)9-8;1-4-6(3)5-2/h5-6H,3-4H2,1-2H3;1-2H3. The van der Waals surface area contributed by atoms with Gasteiger partial charge in [0.2, 0.25) is 0 Å². The minimum atomic E-state index is -2.12. The lowest BCUT2D eigenvalue weighted by atomic mass is 10.3. The Morgan fingerprint density at radius 1 is 1.33 bits per heavy atom. The maximum absolute atomic E-state index is 9.92. The highest BCUT2D eigenvalue weighted by Crippen LogP contribution is 2.15. The van der Waals surface area contributed by atoms with E-state index in [-0.39, 0.29) is 0 Å². The number of hydrogen-bond acceptors (Lipinski definition) is 4. The first-order valence-corrected chi connectivity index (χ1v) is 6.85. The lowest BCUT2D eigenvalue weighted by molar-refractivity contribution is 0.236. The van der Waals surface area contributed by atoms with Crippen molar-refractivity contribution in [3.8, 4) is 0 Å². The average Bonchev–Trinajstić information content (AvgIpc) is 2.64. The summed E-state index contributed by atoms with van der Waals surface area (Å²) in [5, 5.41) is 0. The van der Waals surface area contributed by atoms with Gasteiger partial charge in [-0.3, -0.25) is 4.46 Å². The van der Waals surface area contributed by atoms with E-state index >= 15 is 0 Å². The van der Waals surface area contributed by atoms with E-state index in [0.717, 1.165) is 0 Å². The van der Waals surface area contributed by atoms with Crippen LogP contribution in [0.4, 0.5) is 0 Å². The molecule has 0 N–H and O–H groups in total. The molecule has 5 heteroatoms. The van der Waals surface area contributed by atoms with Gasteiger partial charge in [0.05, 0.1) is 14.2 Å². The highest BCUT2D eigenvalue weighted by atomic mass is 32.1. The van der Waals surface area contributed by atoms with E-state index in [0.29, 0.717) is 0 Å². The Balaban J connectivity index is 0.000000288. The summed E-state index contributed by atoms with van der Waals surface area (Å²) in [6.45, 7) is 4.37. The number of rotatable bonds is 4. The zero-order valence-corrected chi connectivity index (χ0v) is 11.5. The molecular formula is C10H18O3SSi. The first-order valence-electron chi connectivity index (χ1n) is 4.81. The number of hydrogen-bond donors (Lipinski definition) is 0. The third-order valence-electron chi connectivity index (χ3n) is 1.63. The predicted octanol–water partition coefficient (Wildman–Crippen LogP) is 2.70. The van der Waals surface area contributed by atoms with Crippen LogP contribution in [0.15, 0.2) is 12.1 Å². The molecule has 1 aromatic rings. The molecule has 0 aromatic carbocycles. The molecule has 0 radical (unpaired) electrons. The van der Waals surface area contributed by atoms with E-state index in [4.69, 9.17) is 0 Å². The van der Waals surface area contributed by atoms with Gasteiger partial charge in [0.25, 0.3) is 0 Å². The average molecular weight is 246 g/mol. The van der Waals surface area contributed by atoms with Crippen molar-refractivity contribution < 1.29 is 13.3 Å². The topological polar surface area (TPSA) is 35.5 Å². The normalized spacial score (nSPS) is 8.80. The molecule has 0 amide bonds. The zero-order chi connectivity index (χ0) is 11.7. The molecule has 0 aliphatic rings. The maximum Gasteiger partial charge on any atom is 0.766 e. The lowest BCUT2D eigenvalue weighted by Gasteiger charge is -1.87. The second kappa shape index (κ2) is 8.61. The van der Waals surface area contributed by atoms with E-state index in [2.05, 4.69) is 34.8 Å². The van der Waals surface area contributed by atoms with Gasteiger partial charge in [-0.1, -0.05) is 13.3 Å². The summed E-state index contributed by atoms with van der Waals surface area (Å²) in [5.74, 6) is 0. The summed E-state index contributed by atoms with van der Waals surface area (Å²) in [5.41, 5.74) is 0. The third-order valence-corrected chi connectivity index (χ3v) is 3.35. The van der Waals surface area contributed by atoms with Gasteiger partial charge in [-0.15, -0.1) is 11.3 Å². The Bertz CT molecular complexity index is 280. The second-order valence-corrected chi connectivity index (χ2v) is 5.61. The van der Waals surface area contributed by atoms with E-state index in [1.54, 1.807) is 0 Å². The van der Waals surface area contributed by atoms with Gasteiger partial charge < -0.3 is 8.85 Å². The van der Waals surface area contributed by atoms with Crippen LogP contribution in [0.3, 0.4) is 0 Å². The third kappa shape index (κ3) is 7.27. The molecule has 0 unspecified atom stereocenters. The molecule has 1 rings (SSSR count). The van der Waals surface area contributed by atoms with Gasteiger partial charge in [0, 0.05) is 9.75 Å².